The van der Waals surface area contributed by atoms with E-state index in [4.69, 9.17) is 11.6 Å². The lowest BCUT2D eigenvalue weighted by Gasteiger charge is -2.02. The molecule has 0 unspecified atom stereocenters. The van der Waals surface area contributed by atoms with E-state index in [2.05, 4.69) is 27.4 Å². The van der Waals surface area contributed by atoms with Gasteiger partial charge in [0.25, 0.3) is 0 Å². The molecule has 0 aromatic carbocycles. The van der Waals surface area contributed by atoms with Crippen LogP contribution in [0.4, 0.5) is 9.93 Å². The van der Waals surface area contributed by atoms with E-state index in [-0.39, 0.29) is 12.6 Å². The highest BCUT2D eigenvalue weighted by molar-refractivity contribution is 7.13. The van der Waals surface area contributed by atoms with Gasteiger partial charge in [-0.1, -0.05) is 29.5 Å². The molecule has 2 N–H and O–H groups in total. The Kier molecular flexibility index (Phi) is 3.66. The zero-order chi connectivity index (χ0) is 9.68. The fourth-order valence-electron chi connectivity index (χ4n) is 0.545. The number of anilines is 1. The van der Waals surface area contributed by atoms with Gasteiger partial charge in [-0.15, -0.1) is 10.2 Å². The summed E-state index contributed by atoms with van der Waals surface area (Å²) in [6.07, 6.45) is 0. The Morgan fingerprint density at radius 2 is 2.54 bits per heavy atom. The molecule has 0 atom stereocenters. The molecule has 0 saturated carbocycles. The van der Waals surface area contributed by atoms with Gasteiger partial charge in [-0.05, 0) is 0 Å². The third kappa shape index (κ3) is 3.86. The molecule has 0 bridgehead atoms. The van der Waals surface area contributed by atoms with Gasteiger partial charge in [0, 0.05) is 5.03 Å². The number of hydrogen-bond donors (Lipinski definition) is 2. The van der Waals surface area contributed by atoms with Crippen LogP contribution in [0.5, 0.6) is 0 Å². The summed E-state index contributed by atoms with van der Waals surface area (Å²) in [5.41, 5.74) is 1.52. The van der Waals surface area contributed by atoms with Crippen molar-refractivity contribution in [1.82, 2.24) is 15.5 Å². The second-order valence-corrected chi connectivity index (χ2v) is 3.44. The average Bonchev–Trinajstić information content (AvgIpc) is 2.53. The van der Waals surface area contributed by atoms with Crippen LogP contribution in [0, 0.1) is 0 Å². The van der Waals surface area contributed by atoms with Crippen LogP contribution in [-0.2, 0) is 0 Å². The molecule has 0 aliphatic carbocycles. The molecular weight excluding hydrogens is 212 g/mol. The second kappa shape index (κ2) is 4.78. The minimum absolute atomic E-state index is 0.228. The Bertz CT molecular complexity index is 300. The summed E-state index contributed by atoms with van der Waals surface area (Å²) < 4.78 is 0. The third-order valence-corrected chi connectivity index (χ3v) is 1.76. The summed E-state index contributed by atoms with van der Waals surface area (Å²) in [7, 11) is 0. The molecular formula is C6H7ClN4OS. The van der Waals surface area contributed by atoms with Gasteiger partial charge in [-0.25, -0.2) is 4.79 Å². The Hall–Kier alpha value is -1.14. The van der Waals surface area contributed by atoms with Gasteiger partial charge in [-0.3, -0.25) is 5.32 Å². The number of amides is 2. The molecule has 1 heterocycles. The van der Waals surface area contributed by atoms with Gasteiger partial charge < -0.3 is 5.32 Å². The maximum atomic E-state index is 11.0. The van der Waals surface area contributed by atoms with Gasteiger partial charge in [0.1, 0.15) is 5.51 Å². The number of aromatic nitrogens is 2. The Morgan fingerprint density at radius 1 is 1.77 bits per heavy atom. The van der Waals surface area contributed by atoms with Crippen LogP contribution in [-0.4, -0.2) is 22.8 Å². The number of hydrogen-bond acceptors (Lipinski definition) is 4. The normalized spacial score (nSPS) is 9.31. The van der Waals surface area contributed by atoms with Crippen molar-refractivity contribution >= 4 is 34.1 Å². The predicted molar refractivity (Wildman–Crippen MR) is 51.9 cm³/mol. The molecule has 0 saturated heterocycles. The van der Waals surface area contributed by atoms with Crippen LogP contribution in [0.3, 0.4) is 0 Å². The first kappa shape index (κ1) is 9.94. The van der Waals surface area contributed by atoms with Crippen LogP contribution < -0.4 is 10.6 Å². The molecule has 1 rings (SSSR count). The van der Waals surface area contributed by atoms with Gasteiger partial charge in [0.15, 0.2) is 0 Å². The van der Waals surface area contributed by atoms with Crippen LogP contribution in [0.1, 0.15) is 0 Å². The fourth-order valence-corrected chi connectivity index (χ4v) is 1.05. The van der Waals surface area contributed by atoms with Gasteiger partial charge >= 0.3 is 6.03 Å². The lowest BCUT2D eigenvalue weighted by Crippen LogP contribution is -2.29. The zero-order valence-electron chi connectivity index (χ0n) is 6.58. The predicted octanol–water partition coefficient (Wildman–Crippen LogP) is 1.41. The van der Waals surface area contributed by atoms with Crippen molar-refractivity contribution in [2.75, 3.05) is 11.9 Å². The summed E-state index contributed by atoms with van der Waals surface area (Å²) in [5.74, 6) is 0. The van der Waals surface area contributed by atoms with Crippen molar-refractivity contribution in [2.45, 2.75) is 0 Å². The standard InChI is InChI=1S/C6H7ClN4OS/c1-4(7)2-8-5(12)10-6-11-9-3-13-6/h3H,1-2H2,(H2,8,10,11,12). The van der Waals surface area contributed by atoms with Crippen molar-refractivity contribution in [1.29, 1.82) is 0 Å². The maximum absolute atomic E-state index is 11.0. The molecule has 1 aromatic heterocycles. The monoisotopic (exact) mass is 218 g/mol. The molecule has 0 spiro atoms. The maximum Gasteiger partial charge on any atom is 0.321 e. The quantitative estimate of drug-likeness (QED) is 0.806. The van der Waals surface area contributed by atoms with Crippen LogP contribution in [0.25, 0.3) is 0 Å². The summed E-state index contributed by atoms with van der Waals surface area (Å²) >= 11 is 6.68. The SMILES string of the molecule is C=C(Cl)CNC(=O)Nc1nncs1. The topological polar surface area (TPSA) is 66.9 Å². The average molecular weight is 219 g/mol. The molecule has 13 heavy (non-hydrogen) atoms. The van der Waals surface area contributed by atoms with E-state index in [0.717, 1.165) is 0 Å². The van der Waals surface area contributed by atoms with Crippen molar-refractivity contribution < 1.29 is 4.79 Å². The molecule has 0 aliphatic heterocycles. The summed E-state index contributed by atoms with van der Waals surface area (Å²) in [6, 6.07) is -0.376. The molecule has 2 amide bonds. The summed E-state index contributed by atoms with van der Waals surface area (Å²) in [4.78, 5) is 11.0. The number of nitrogens with one attached hydrogen (secondary N) is 2. The minimum Gasteiger partial charge on any atom is -0.333 e. The van der Waals surface area contributed by atoms with Gasteiger partial charge in [-0.2, -0.15) is 0 Å². The van der Waals surface area contributed by atoms with E-state index >= 15 is 0 Å². The molecule has 0 aliphatic rings. The van der Waals surface area contributed by atoms with Crippen molar-refractivity contribution in [2.24, 2.45) is 0 Å². The fraction of sp³-hybridized carbons (Fsp3) is 0.167. The lowest BCUT2D eigenvalue weighted by atomic mass is 10.6. The smallest absolute Gasteiger partial charge is 0.321 e. The van der Waals surface area contributed by atoms with E-state index in [9.17, 15) is 4.79 Å². The highest BCUT2D eigenvalue weighted by Crippen LogP contribution is 2.06. The highest BCUT2D eigenvalue weighted by atomic mass is 35.5. The summed E-state index contributed by atoms with van der Waals surface area (Å²) in [6.45, 7) is 3.65. The molecule has 7 heteroatoms. The van der Waals surface area contributed by atoms with E-state index in [1.807, 2.05) is 0 Å². The third-order valence-electron chi connectivity index (χ3n) is 1.02. The van der Waals surface area contributed by atoms with Crippen LogP contribution >= 0.6 is 22.9 Å². The number of carbonyl (C=O) groups is 1. The van der Waals surface area contributed by atoms with Crippen LogP contribution in [0.2, 0.25) is 0 Å². The first-order chi connectivity index (χ1) is 6.18. The number of halogens is 1. The number of urea groups is 1. The number of carbonyl (C=O) groups excluding carboxylic acids is 1. The van der Waals surface area contributed by atoms with Crippen molar-refractivity contribution in [3.8, 4) is 0 Å². The molecule has 0 fully saturated rings. The molecule has 1 aromatic rings. The van der Waals surface area contributed by atoms with E-state index in [0.29, 0.717) is 10.2 Å². The number of rotatable bonds is 3. The summed E-state index contributed by atoms with van der Waals surface area (Å²) in [5, 5.41) is 12.9. The second-order valence-electron chi connectivity index (χ2n) is 2.07. The van der Waals surface area contributed by atoms with E-state index in [1.54, 1.807) is 0 Å². The molecule has 70 valence electrons. The van der Waals surface area contributed by atoms with Crippen LogP contribution in [0.15, 0.2) is 17.1 Å². The Labute approximate surface area is 83.8 Å². The zero-order valence-corrected chi connectivity index (χ0v) is 8.15. The first-order valence-electron chi connectivity index (χ1n) is 3.33. The van der Waals surface area contributed by atoms with E-state index in [1.165, 1.54) is 16.8 Å². The minimum atomic E-state index is -0.376. The highest BCUT2D eigenvalue weighted by Gasteiger charge is 2.02. The Balaban J connectivity index is 2.30. The largest absolute Gasteiger partial charge is 0.333 e. The van der Waals surface area contributed by atoms with E-state index < -0.39 is 0 Å². The van der Waals surface area contributed by atoms with Gasteiger partial charge in [0.05, 0.1) is 6.54 Å². The van der Waals surface area contributed by atoms with Gasteiger partial charge in [0.2, 0.25) is 5.13 Å². The first-order valence-corrected chi connectivity index (χ1v) is 4.58. The number of nitrogens with zero attached hydrogens (tertiary/aromatic N) is 2. The molecule has 5 nitrogen and oxygen atoms in total. The van der Waals surface area contributed by atoms with Crippen molar-refractivity contribution in [3.63, 3.8) is 0 Å². The Morgan fingerprint density at radius 3 is 3.08 bits per heavy atom. The molecule has 0 radical (unpaired) electrons. The van der Waals surface area contributed by atoms with Crippen molar-refractivity contribution in [3.05, 3.63) is 17.1 Å². The lowest BCUT2D eigenvalue weighted by molar-refractivity contribution is 0.253.